The number of piperidine rings is 1. The number of benzene rings is 1. The molecule has 138 valence electrons. The predicted molar refractivity (Wildman–Crippen MR) is 99.3 cm³/mol. The highest BCUT2D eigenvalue weighted by molar-refractivity contribution is 7.89. The van der Waals surface area contributed by atoms with E-state index in [1.54, 1.807) is 7.11 Å². The largest absolute Gasteiger partial charge is 0.384 e. The molecule has 2 aromatic rings. The zero-order valence-corrected chi connectivity index (χ0v) is 15.9. The third-order valence-corrected chi connectivity index (χ3v) is 6.94. The zero-order chi connectivity index (χ0) is 18.1. The lowest BCUT2D eigenvalue weighted by Crippen LogP contribution is -2.47. The first-order chi connectivity index (χ1) is 11.9. The maximum atomic E-state index is 13.1. The molecule has 0 amide bonds. The van der Waals surface area contributed by atoms with Gasteiger partial charge in [-0.3, -0.25) is 0 Å². The second kappa shape index (κ2) is 7.07. The highest BCUT2D eigenvalue weighted by atomic mass is 32.2. The average Bonchev–Trinajstić information content (AvgIpc) is 2.87. The van der Waals surface area contributed by atoms with Gasteiger partial charge in [-0.15, -0.1) is 0 Å². The first kappa shape index (κ1) is 18.4. The van der Waals surface area contributed by atoms with Crippen LogP contribution in [0, 0.1) is 12.3 Å². The number of nitrogens with one attached hydrogen (secondary N) is 2. The standard InChI is InChI=1S/C18H27N3O3S/c1-14-17(15-6-4-5-7-16(15)21(14)2)25(22,23)20-12-18(13-24-3)8-10-19-11-9-18/h4-7,19-20H,8-13H2,1-3H3. The van der Waals surface area contributed by atoms with Crippen LogP contribution in [0.1, 0.15) is 18.5 Å². The first-order valence-corrected chi connectivity index (χ1v) is 10.1. The summed E-state index contributed by atoms with van der Waals surface area (Å²) in [5.74, 6) is 0. The molecule has 3 rings (SSSR count). The summed E-state index contributed by atoms with van der Waals surface area (Å²) >= 11 is 0. The molecule has 0 aliphatic carbocycles. The van der Waals surface area contributed by atoms with E-state index in [-0.39, 0.29) is 5.41 Å². The number of nitrogens with zero attached hydrogens (tertiary/aromatic N) is 1. The summed E-state index contributed by atoms with van der Waals surface area (Å²) in [6, 6.07) is 7.61. The molecule has 25 heavy (non-hydrogen) atoms. The Hall–Kier alpha value is -1.41. The number of para-hydroxylation sites is 1. The Morgan fingerprint density at radius 3 is 2.64 bits per heavy atom. The Labute approximate surface area is 149 Å². The van der Waals surface area contributed by atoms with Crippen LogP contribution in [0.4, 0.5) is 0 Å². The number of methoxy groups -OCH3 is 1. The van der Waals surface area contributed by atoms with Crippen LogP contribution >= 0.6 is 0 Å². The molecule has 0 bridgehead atoms. The summed E-state index contributed by atoms with van der Waals surface area (Å²) in [6.07, 6.45) is 1.80. The molecule has 7 heteroatoms. The Kier molecular flexibility index (Phi) is 5.20. The van der Waals surface area contributed by atoms with Crippen molar-refractivity contribution in [3.05, 3.63) is 30.0 Å². The van der Waals surface area contributed by atoms with Crippen molar-refractivity contribution >= 4 is 20.9 Å². The minimum absolute atomic E-state index is 0.147. The molecule has 0 unspecified atom stereocenters. The molecule has 1 saturated heterocycles. The molecule has 1 aromatic carbocycles. The fourth-order valence-corrected chi connectivity index (χ4v) is 5.41. The number of fused-ring (bicyclic) bond motifs is 1. The van der Waals surface area contributed by atoms with Gasteiger partial charge >= 0.3 is 0 Å². The van der Waals surface area contributed by atoms with Gasteiger partial charge in [-0.1, -0.05) is 18.2 Å². The van der Waals surface area contributed by atoms with Crippen molar-refractivity contribution in [3.8, 4) is 0 Å². The van der Waals surface area contributed by atoms with Crippen LogP contribution < -0.4 is 10.0 Å². The zero-order valence-electron chi connectivity index (χ0n) is 15.1. The lowest BCUT2D eigenvalue weighted by Gasteiger charge is -2.37. The van der Waals surface area contributed by atoms with Gasteiger partial charge in [0, 0.05) is 42.7 Å². The Morgan fingerprint density at radius 2 is 1.96 bits per heavy atom. The van der Waals surface area contributed by atoms with Crippen LogP contribution in [0.25, 0.3) is 10.9 Å². The van der Waals surface area contributed by atoms with E-state index in [1.807, 2.05) is 42.8 Å². The Balaban J connectivity index is 1.91. The number of sulfonamides is 1. The fourth-order valence-electron chi connectivity index (χ4n) is 3.78. The maximum Gasteiger partial charge on any atom is 0.242 e. The highest BCUT2D eigenvalue weighted by Gasteiger charge is 2.34. The van der Waals surface area contributed by atoms with Crippen LogP contribution in [0.5, 0.6) is 0 Å². The van der Waals surface area contributed by atoms with Gasteiger partial charge in [-0.25, -0.2) is 13.1 Å². The third-order valence-electron chi connectivity index (χ3n) is 5.36. The number of hydrogen-bond donors (Lipinski definition) is 2. The van der Waals surface area contributed by atoms with Crippen molar-refractivity contribution in [1.82, 2.24) is 14.6 Å². The van der Waals surface area contributed by atoms with Crippen LogP contribution in [0.2, 0.25) is 0 Å². The van der Waals surface area contributed by atoms with Gasteiger partial charge in [0.05, 0.1) is 6.61 Å². The smallest absolute Gasteiger partial charge is 0.242 e. The van der Waals surface area contributed by atoms with Crippen LogP contribution in [-0.4, -0.2) is 46.3 Å². The van der Waals surface area contributed by atoms with Gasteiger partial charge in [0.15, 0.2) is 0 Å². The molecule has 0 saturated carbocycles. The van der Waals surface area contributed by atoms with E-state index in [0.717, 1.165) is 42.5 Å². The molecule has 1 aromatic heterocycles. The van der Waals surface area contributed by atoms with Crippen LogP contribution in [-0.2, 0) is 21.8 Å². The summed E-state index contributed by atoms with van der Waals surface area (Å²) in [5, 5.41) is 4.09. The van der Waals surface area contributed by atoms with Gasteiger partial charge in [0.1, 0.15) is 4.90 Å². The quantitative estimate of drug-likeness (QED) is 0.819. The molecule has 6 nitrogen and oxygen atoms in total. The number of ether oxygens (including phenoxy) is 1. The molecule has 1 aliphatic heterocycles. The van der Waals surface area contributed by atoms with Crippen molar-refractivity contribution < 1.29 is 13.2 Å². The van der Waals surface area contributed by atoms with Crippen molar-refractivity contribution in [3.63, 3.8) is 0 Å². The molecule has 1 aliphatic rings. The van der Waals surface area contributed by atoms with Crippen molar-refractivity contribution in [2.24, 2.45) is 12.5 Å². The molecule has 2 N–H and O–H groups in total. The minimum atomic E-state index is -3.60. The van der Waals surface area contributed by atoms with E-state index < -0.39 is 10.0 Å². The second-order valence-electron chi connectivity index (χ2n) is 7.00. The van der Waals surface area contributed by atoms with Crippen LogP contribution in [0.15, 0.2) is 29.2 Å². The van der Waals surface area contributed by atoms with E-state index in [9.17, 15) is 8.42 Å². The SMILES string of the molecule is COCC1(CNS(=O)(=O)c2c(C)n(C)c3ccccc23)CCNCC1. The molecule has 0 atom stereocenters. The molecule has 0 spiro atoms. The van der Waals surface area contributed by atoms with E-state index >= 15 is 0 Å². The molecular weight excluding hydrogens is 338 g/mol. The normalized spacial score (nSPS) is 17.9. The molecule has 2 heterocycles. The van der Waals surface area contributed by atoms with Gasteiger partial charge in [0.2, 0.25) is 10.0 Å². The van der Waals surface area contributed by atoms with Crippen LogP contribution in [0.3, 0.4) is 0 Å². The summed E-state index contributed by atoms with van der Waals surface area (Å²) in [4.78, 5) is 0.382. The summed E-state index contributed by atoms with van der Waals surface area (Å²) < 4.78 is 36.4. The molecular formula is C18H27N3O3S. The first-order valence-electron chi connectivity index (χ1n) is 8.64. The van der Waals surface area contributed by atoms with Gasteiger partial charge in [-0.2, -0.15) is 0 Å². The van der Waals surface area contributed by atoms with Gasteiger partial charge < -0.3 is 14.6 Å². The summed E-state index contributed by atoms with van der Waals surface area (Å²) in [6.45, 7) is 4.58. The van der Waals surface area contributed by atoms with E-state index in [0.29, 0.717) is 18.0 Å². The highest BCUT2D eigenvalue weighted by Crippen LogP contribution is 2.31. The Bertz CT molecular complexity index is 846. The van der Waals surface area contributed by atoms with E-state index in [1.165, 1.54) is 0 Å². The monoisotopic (exact) mass is 365 g/mol. The van der Waals surface area contributed by atoms with Gasteiger partial charge in [-0.05, 0) is 38.9 Å². The number of hydrogen-bond acceptors (Lipinski definition) is 4. The summed E-state index contributed by atoms with van der Waals surface area (Å²) in [7, 11) is -0.0269. The average molecular weight is 365 g/mol. The minimum Gasteiger partial charge on any atom is -0.384 e. The molecule has 1 fully saturated rings. The van der Waals surface area contributed by atoms with E-state index in [4.69, 9.17) is 4.74 Å². The second-order valence-corrected chi connectivity index (χ2v) is 8.70. The van der Waals surface area contributed by atoms with Crippen molar-refractivity contribution in [1.29, 1.82) is 0 Å². The van der Waals surface area contributed by atoms with E-state index in [2.05, 4.69) is 10.0 Å². The maximum absolute atomic E-state index is 13.1. The van der Waals surface area contributed by atoms with Gasteiger partial charge in [0.25, 0.3) is 0 Å². The Morgan fingerprint density at radius 1 is 1.28 bits per heavy atom. The number of rotatable bonds is 6. The molecule has 0 radical (unpaired) electrons. The van der Waals surface area contributed by atoms with Crippen molar-refractivity contribution in [2.45, 2.75) is 24.7 Å². The fraction of sp³-hybridized carbons (Fsp3) is 0.556. The van der Waals surface area contributed by atoms with Crippen molar-refractivity contribution in [2.75, 3.05) is 33.4 Å². The number of aryl methyl sites for hydroxylation is 1. The lowest BCUT2D eigenvalue weighted by molar-refractivity contribution is 0.0577. The topological polar surface area (TPSA) is 72.4 Å². The number of aromatic nitrogens is 1. The predicted octanol–water partition coefficient (Wildman–Crippen LogP) is 1.78. The summed E-state index contributed by atoms with van der Waals surface area (Å²) in [5.41, 5.74) is 1.53. The lowest BCUT2D eigenvalue weighted by atomic mass is 9.80. The third kappa shape index (κ3) is 3.46.